The second-order valence-corrected chi connectivity index (χ2v) is 18.9. The van der Waals surface area contributed by atoms with Gasteiger partial charge in [-0.05, 0) is 147 Å². The molecule has 2 fully saturated rings. The van der Waals surface area contributed by atoms with Crippen LogP contribution in [0.25, 0.3) is 11.1 Å². The first-order valence-electron chi connectivity index (χ1n) is 24.7. The fourth-order valence-corrected chi connectivity index (χ4v) is 9.61. The van der Waals surface area contributed by atoms with Crippen LogP contribution >= 0.6 is 0 Å². The van der Waals surface area contributed by atoms with E-state index in [9.17, 15) is 28.8 Å². The standard InChI is InChI=1S/C55H76O13/c1-10-13-14-16-38-18-20-41(21-19-38)42-22-24-43(25-23-42)44-26-27-46(39(11-2)29-44)47-30-45(17-15-28-64-49(56)36(4)5)48(31-40(47)12-3)65-32-55(33-66-50(57)37(6)7,34-67-53(60)51(58)62-8)35-68-54(61)52(59)63-9/h26-27,29-31,38,41-43H,4,6,10-25,28,32-35H2,1-3,5,7-9H3. The highest BCUT2D eigenvalue weighted by atomic mass is 16.6. The quantitative estimate of drug-likeness (QED) is 0.0321. The number of esters is 6. The number of methoxy groups -OCH3 is 2. The van der Waals surface area contributed by atoms with Crippen LogP contribution in [0.5, 0.6) is 5.75 Å². The Hall–Kier alpha value is -5.46. The van der Waals surface area contributed by atoms with Crippen LogP contribution in [0.2, 0.25) is 0 Å². The van der Waals surface area contributed by atoms with E-state index in [1.807, 2.05) is 6.07 Å². The largest absolute Gasteiger partial charge is 0.492 e. The molecule has 0 aliphatic heterocycles. The maximum Gasteiger partial charge on any atom is 0.417 e. The van der Waals surface area contributed by atoms with Crippen LogP contribution in [0.1, 0.15) is 146 Å². The topological polar surface area (TPSA) is 167 Å². The SMILES string of the molecule is C=C(C)C(=O)OCCCc1cc(-c2ccc(C3CCC(C4CCC(CCCCC)CC4)CC3)cc2CC)c(CC)cc1OCC(COC(=O)C(=C)C)(COC(=O)C(=O)OC)COC(=O)C(=O)OC. The van der Waals surface area contributed by atoms with Gasteiger partial charge in [0.05, 0.1) is 20.8 Å². The maximum atomic E-state index is 12.7. The van der Waals surface area contributed by atoms with E-state index in [4.69, 9.17) is 23.7 Å². The van der Waals surface area contributed by atoms with Gasteiger partial charge in [0.25, 0.3) is 0 Å². The summed E-state index contributed by atoms with van der Waals surface area (Å²) in [6, 6.07) is 11.0. The van der Waals surface area contributed by atoms with Gasteiger partial charge in [0.1, 0.15) is 37.6 Å². The first-order chi connectivity index (χ1) is 32.6. The van der Waals surface area contributed by atoms with Crippen LogP contribution in [-0.4, -0.2) is 83.1 Å². The number of benzene rings is 2. The van der Waals surface area contributed by atoms with Crippen molar-refractivity contribution >= 4 is 35.8 Å². The predicted molar refractivity (Wildman–Crippen MR) is 259 cm³/mol. The number of carbonyl (C=O) groups is 6. The van der Waals surface area contributed by atoms with Crippen LogP contribution in [0.3, 0.4) is 0 Å². The molecule has 0 saturated heterocycles. The van der Waals surface area contributed by atoms with E-state index >= 15 is 0 Å². The van der Waals surface area contributed by atoms with Crippen LogP contribution in [0.15, 0.2) is 54.6 Å². The Morgan fingerprint density at radius 1 is 0.574 bits per heavy atom. The minimum Gasteiger partial charge on any atom is -0.492 e. The number of ether oxygens (including phenoxy) is 7. The molecule has 0 unspecified atom stereocenters. The summed E-state index contributed by atoms with van der Waals surface area (Å²) in [4.78, 5) is 74.3. The minimum atomic E-state index is -1.67. The molecule has 374 valence electrons. The molecule has 0 N–H and O–H groups in total. The number of unbranched alkanes of at least 4 members (excludes halogenated alkanes) is 2. The smallest absolute Gasteiger partial charge is 0.417 e. The molecule has 68 heavy (non-hydrogen) atoms. The van der Waals surface area contributed by atoms with Gasteiger partial charge < -0.3 is 33.2 Å². The summed E-state index contributed by atoms with van der Waals surface area (Å²) in [5.41, 5.74) is 5.20. The molecule has 0 heterocycles. The van der Waals surface area contributed by atoms with Crippen molar-refractivity contribution in [3.63, 3.8) is 0 Å². The normalized spacial score (nSPS) is 18.1. The average molecular weight is 945 g/mol. The van der Waals surface area contributed by atoms with Crippen molar-refractivity contribution in [2.75, 3.05) is 47.3 Å². The molecular weight excluding hydrogens is 869 g/mol. The summed E-state index contributed by atoms with van der Waals surface area (Å²) in [5, 5.41) is 0. The number of hydrogen-bond acceptors (Lipinski definition) is 13. The highest BCUT2D eigenvalue weighted by molar-refractivity contribution is 6.30. The van der Waals surface area contributed by atoms with Crippen LogP contribution in [0, 0.1) is 23.2 Å². The Labute approximate surface area is 404 Å². The summed E-state index contributed by atoms with van der Waals surface area (Å²) in [6.45, 7) is 14.6. The van der Waals surface area contributed by atoms with Gasteiger partial charge in [-0.3, -0.25) is 0 Å². The lowest BCUT2D eigenvalue weighted by Crippen LogP contribution is -2.45. The van der Waals surface area contributed by atoms with Gasteiger partial charge >= 0.3 is 35.8 Å². The molecule has 0 radical (unpaired) electrons. The lowest BCUT2D eigenvalue weighted by atomic mass is 9.68. The predicted octanol–water partition coefficient (Wildman–Crippen LogP) is 10.1. The summed E-state index contributed by atoms with van der Waals surface area (Å²) < 4.78 is 37.1. The molecule has 2 aromatic rings. The first-order valence-corrected chi connectivity index (χ1v) is 24.7. The highest BCUT2D eigenvalue weighted by Gasteiger charge is 2.40. The Morgan fingerprint density at radius 2 is 1.10 bits per heavy atom. The lowest BCUT2D eigenvalue weighted by molar-refractivity contribution is -0.177. The molecule has 0 spiro atoms. The molecule has 13 nitrogen and oxygen atoms in total. The molecule has 2 aromatic carbocycles. The molecule has 2 aliphatic carbocycles. The maximum absolute atomic E-state index is 12.7. The van der Waals surface area contributed by atoms with Crippen molar-refractivity contribution in [3.05, 3.63) is 76.9 Å². The molecule has 0 amide bonds. The van der Waals surface area contributed by atoms with Crippen molar-refractivity contribution in [2.45, 2.75) is 143 Å². The summed E-state index contributed by atoms with van der Waals surface area (Å²) in [7, 11) is 2.01. The summed E-state index contributed by atoms with van der Waals surface area (Å²) in [6.07, 6.45) is 18.4. The van der Waals surface area contributed by atoms with E-state index < -0.39 is 67.7 Å². The minimum absolute atomic E-state index is 0.0586. The van der Waals surface area contributed by atoms with Crippen LogP contribution in [-0.2, 0) is 76.5 Å². The van der Waals surface area contributed by atoms with Gasteiger partial charge in [0, 0.05) is 11.1 Å². The zero-order valence-corrected chi connectivity index (χ0v) is 41.8. The van der Waals surface area contributed by atoms with Gasteiger partial charge in [0.2, 0.25) is 0 Å². The fraction of sp³-hybridized carbons (Fsp3) is 0.600. The van der Waals surface area contributed by atoms with Gasteiger partial charge in [0.15, 0.2) is 0 Å². The molecule has 13 heteroatoms. The van der Waals surface area contributed by atoms with Gasteiger partial charge in [-0.2, -0.15) is 0 Å². The zero-order chi connectivity index (χ0) is 49.8. The van der Waals surface area contributed by atoms with Crippen LogP contribution < -0.4 is 4.74 Å². The van der Waals surface area contributed by atoms with Crippen molar-refractivity contribution in [3.8, 4) is 16.9 Å². The number of rotatable bonds is 24. The third kappa shape index (κ3) is 16.1. The highest BCUT2D eigenvalue weighted by Crippen LogP contribution is 2.45. The summed E-state index contributed by atoms with van der Waals surface area (Å²) >= 11 is 0. The van der Waals surface area contributed by atoms with E-state index in [1.165, 1.54) is 95.1 Å². The van der Waals surface area contributed by atoms with Crippen LogP contribution in [0.4, 0.5) is 0 Å². The van der Waals surface area contributed by atoms with Gasteiger partial charge in [-0.1, -0.05) is 90.7 Å². The second-order valence-electron chi connectivity index (χ2n) is 18.9. The Morgan fingerprint density at radius 3 is 1.63 bits per heavy atom. The summed E-state index contributed by atoms with van der Waals surface area (Å²) in [5.74, 6) is -3.01. The molecule has 2 saturated carbocycles. The van der Waals surface area contributed by atoms with E-state index in [0.717, 1.165) is 60.6 Å². The molecule has 4 rings (SSSR count). The van der Waals surface area contributed by atoms with Crippen molar-refractivity contribution in [1.29, 1.82) is 0 Å². The van der Waals surface area contributed by atoms with Gasteiger partial charge in [-0.25, -0.2) is 28.8 Å². The first kappa shape index (κ1) is 55.1. The van der Waals surface area contributed by atoms with E-state index in [2.05, 4.69) is 67.7 Å². The Balaban J connectivity index is 1.66. The Bertz CT molecular complexity index is 2040. The second kappa shape index (κ2) is 27.5. The third-order valence-electron chi connectivity index (χ3n) is 13.8. The van der Waals surface area contributed by atoms with E-state index in [1.54, 1.807) is 6.92 Å². The van der Waals surface area contributed by atoms with E-state index in [0.29, 0.717) is 30.9 Å². The monoisotopic (exact) mass is 945 g/mol. The zero-order valence-electron chi connectivity index (χ0n) is 41.8. The molecule has 0 bridgehead atoms. The molecule has 2 aliphatic rings. The Kier molecular flexibility index (Phi) is 22.3. The number of carbonyl (C=O) groups excluding carboxylic acids is 6. The third-order valence-corrected chi connectivity index (χ3v) is 13.8. The molecule has 0 atom stereocenters. The van der Waals surface area contributed by atoms with Crippen molar-refractivity contribution in [1.82, 2.24) is 0 Å². The van der Waals surface area contributed by atoms with Crippen molar-refractivity contribution < 1.29 is 61.9 Å². The van der Waals surface area contributed by atoms with E-state index in [-0.39, 0.29) is 17.8 Å². The van der Waals surface area contributed by atoms with Gasteiger partial charge in [-0.15, -0.1) is 0 Å². The van der Waals surface area contributed by atoms with Crippen molar-refractivity contribution in [2.24, 2.45) is 23.2 Å². The number of hydrogen-bond donors (Lipinski definition) is 0. The average Bonchev–Trinajstić information content (AvgIpc) is 3.36. The molecular formula is C55H76O13. The molecule has 0 aromatic heterocycles. The fourth-order valence-electron chi connectivity index (χ4n) is 9.61. The number of aryl methyl sites for hydroxylation is 3. The lowest BCUT2D eigenvalue weighted by Gasteiger charge is -2.38.